The van der Waals surface area contributed by atoms with Gasteiger partial charge in [-0.2, -0.15) is 0 Å². The molecule has 2 aromatic rings. The molecule has 3 rings (SSSR count). The molecular formula is C16H18FN3O. The predicted molar refractivity (Wildman–Crippen MR) is 79.5 cm³/mol. The van der Waals surface area contributed by atoms with Crippen LogP contribution >= 0.6 is 0 Å². The normalized spacial score (nSPS) is 18.4. The van der Waals surface area contributed by atoms with Crippen molar-refractivity contribution in [2.24, 2.45) is 0 Å². The fourth-order valence-electron chi connectivity index (χ4n) is 2.30. The van der Waals surface area contributed by atoms with Crippen LogP contribution in [0.3, 0.4) is 0 Å². The largest absolute Gasteiger partial charge is 0.379 e. The molecule has 2 N–H and O–H groups in total. The van der Waals surface area contributed by atoms with Gasteiger partial charge in [0.15, 0.2) is 0 Å². The summed E-state index contributed by atoms with van der Waals surface area (Å²) in [6.07, 6.45) is 1.36. The SMILES string of the molecule is Fc1ccc(CNc2ccc(C3CNCCO3)cc2)nc1. The monoisotopic (exact) mass is 287 g/mol. The Bertz CT molecular complexity index is 565. The highest BCUT2D eigenvalue weighted by Gasteiger charge is 2.14. The maximum Gasteiger partial charge on any atom is 0.141 e. The van der Waals surface area contributed by atoms with Gasteiger partial charge in [0.05, 0.1) is 31.1 Å². The number of morpholine rings is 1. The average Bonchev–Trinajstić information content (AvgIpc) is 2.56. The zero-order chi connectivity index (χ0) is 14.5. The highest BCUT2D eigenvalue weighted by atomic mass is 19.1. The number of hydrogen-bond acceptors (Lipinski definition) is 4. The molecule has 1 saturated heterocycles. The minimum Gasteiger partial charge on any atom is -0.379 e. The molecule has 2 heterocycles. The summed E-state index contributed by atoms with van der Waals surface area (Å²) >= 11 is 0. The van der Waals surface area contributed by atoms with Crippen molar-refractivity contribution < 1.29 is 9.13 Å². The summed E-state index contributed by atoms with van der Waals surface area (Å²) in [6.45, 7) is 3.09. The number of anilines is 1. The van der Waals surface area contributed by atoms with Crippen molar-refractivity contribution in [1.82, 2.24) is 10.3 Å². The number of aromatic nitrogens is 1. The van der Waals surface area contributed by atoms with Crippen LogP contribution in [0.25, 0.3) is 0 Å². The minimum atomic E-state index is -0.316. The Morgan fingerprint density at radius 2 is 2.10 bits per heavy atom. The van der Waals surface area contributed by atoms with Crippen molar-refractivity contribution in [2.75, 3.05) is 25.0 Å². The third-order valence-electron chi connectivity index (χ3n) is 3.47. The third kappa shape index (κ3) is 3.77. The Balaban J connectivity index is 1.57. The van der Waals surface area contributed by atoms with E-state index in [4.69, 9.17) is 4.74 Å². The Kier molecular flexibility index (Phi) is 4.43. The number of ether oxygens (including phenoxy) is 1. The van der Waals surface area contributed by atoms with Gasteiger partial charge >= 0.3 is 0 Å². The van der Waals surface area contributed by atoms with Gasteiger partial charge < -0.3 is 15.4 Å². The van der Waals surface area contributed by atoms with Gasteiger partial charge in [-0.3, -0.25) is 4.98 Å². The first-order chi connectivity index (χ1) is 10.3. The topological polar surface area (TPSA) is 46.2 Å². The van der Waals surface area contributed by atoms with Gasteiger partial charge in [-0.1, -0.05) is 12.1 Å². The van der Waals surface area contributed by atoms with Crippen LogP contribution in [0, 0.1) is 5.82 Å². The third-order valence-corrected chi connectivity index (χ3v) is 3.47. The number of nitrogens with one attached hydrogen (secondary N) is 2. The summed E-state index contributed by atoms with van der Waals surface area (Å²) in [5, 5.41) is 6.59. The molecule has 0 aliphatic carbocycles. The second kappa shape index (κ2) is 6.65. The summed E-state index contributed by atoms with van der Waals surface area (Å²) in [5.74, 6) is -0.316. The van der Waals surface area contributed by atoms with Gasteiger partial charge in [0.2, 0.25) is 0 Å². The van der Waals surface area contributed by atoms with Crippen LogP contribution in [-0.4, -0.2) is 24.7 Å². The number of nitrogens with zero attached hydrogens (tertiary/aromatic N) is 1. The first-order valence-electron chi connectivity index (χ1n) is 7.08. The molecule has 0 amide bonds. The molecule has 21 heavy (non-hydrogen) atoms. The maximum atomic E-state index is 12.8. The minimum absolute atomic E-state index is 0.131. The average molecular weight is 287 g/mol. The number of pyridine rings is 1. The first-order valence-corrected chi connectivity index (χ1v) is 7.08. The van der Waals surface area contributed by atoms with E-state index in [0.717, 1.165) is 31.1 Å². The lowest BCUT2D eigenvalue weighted by molar-refractivity contribution is 0.0277. The summed E-state index contributed by atoms with van der Waals surface area (Å²) in [6, 6.07) is 11.3. The maximum absolute atomic E-state index is 12.8. The Morgan fingerprint density at radius 3 is 2.76 bits per heavy atom. The molecule has 1 aromatic heterocycles. The van der Waals surface area contributed by atoms with E-state index in [-0.39, 0.29) is 11.9 Å². The van der Waals surface area contributed by atoms with Crippen molar-refractivity contribution in [3.05, 3.63) is 59.7 Å². The highest BCUT2D eigenvalue weighted by molar-refractivity contribution is 5.45. The van der Waals surface area contributed by atoms with Gasteiger partial charge in [-0.15, -0.1) is 0 Å². The smallest absolute Gasteiger partial charge is 0.141 e. The lowest BCUT2D eigenvalue weighted by Crippen LogP contribution is -2.33. The van der Waals surface area contributed by atoms with Crippen molar-refractivity contribution in [2.45, 2.75) is 12.6 Å². The van der Waals surface area contributed by atoms with E-state index >= 15 is 0 Å². The molecule has 110 valence electrons. The van der Waals surface area contributed by atoms with Gasteiger partial charge in [-0.25, -0.2) is 4.39 Å². The fourth-order valence-corrected chi connectivity index (χ4v) is 2.30. The Labute approximate surface area is 123 Å². The second-order valence-electron chi connectivity index (χ2n) is 5.01. The Hall–Kier alpha value is -1.98. The molecule has 0 radical (unpaired) electrons. The standard InChI is InChI=1S/C16H18FN3O/c17-13-3-6-15(19-9-13)10-20-14-4-1-12(2-5-14)16-11-18-7-8-21-16/h1-6,9,16,18,20H,7-8,10-11H2. The summed E-state index contributed by atoms with van der Waals surface area (Å²) in [5.41, 5.74) is 2.99. The van der Waals surface area contributed by atoms with Gasteiger partial charge in [0, 0.05) is 18.8 Å². The van der Waals surface area contributed by atoms with E-state index in [0.29, 0.717) is 6.54 Å². The van der Waals surface area contributed by atoms with Crippen molar-refractivity contribution in [1.29, 1.82) is 0 Å². The molecule has 1 unspecified atom stereocenters. The number of rotatable bonds is 4. The molecule has 1 aliphatic heterocycles. The van der Waals surface area contributed by atoms with E-state index in [9.17, 15) is 4.39 Å². The zero-order valence-corrected chi connectivity index (χ0v) is 11.7. The van der Waals surface area contributed by atoms with Gasteiger partial charge in [-0.05, 0) is 29.8 Å². The van der Waals surface area contributed by atoms with Gasteiger partial charge in [0.1, 0.15) is 5.82 Å². The molecular weight excluding hydrogens is 269 g/mol. The summed E-state index contributed by atoms with van der Waals surface area (Å²) < 4.78 is 18.5. The van der Waals surface area contributed by atoms with Crippen LogP contribution in [0.2, 0.25) is 0 Å². The highest BCUT2D eigenvalue weighted by Crippen LogP contribution is 2.20. The quantitative estimate of drug-likeness (QED) is 0.907. The number of hydrogen-bond donors (Lipinski definition) is 2. The van der Waals surface area contributed by atoms with E-state index in [2.05, 4.69) is 27.8 Å². The summed E-state index contributed by atoms with van der Waals surface area (Å²) in [4.78, 5) is 4.02. The molecule has 1 atom stereocenters. The van der Waals surface area contributed by atoms with Crippen molar-refractivity contribution >= 4 is 5.69 Å². The molecule has 0 bridgehead atoms. The molecule has 1 fully saturated rings. The van der Waals surface area contributed by atoms with Crippen LogP contribution in [-0.2, 0) is 11.3 Å². The lowest BCUT2D eigenvalue weighted by Gasteiger charge is -2.24. The van der Waals surface area contributed by atoms with E-state index < -0.39 is 0 Å². The fraction of sp³-hybridized carbons (Fsp3) is 0.312. The van der Waals surface area contributed by atoms with Crippen LogP contribution in [0.4, 0.5) is 10.1 Å². The molecule has 1 aromatic carbocycles. The second-order valence-corrected chi connectivity index (χ2v) is 5.01. The van der Waals surface area contributed by atoms with E-state index in [1.165, 1.54) is 17.8 Å². The van der Waals surface area contributed by atoms with Crippen LogP contribution < -0.4 is 10.6 Å². The van der Waals surface area contributed by atoms with Crippen LogP contribution in [0.15, 0.2) is 42.6 Å². The predicted octanol–water partition coefficient (Wildman–Crippen LogP) is 2.49. The number of benzene rings is 1. The number of halogens is 1. The molecule has 0 saturated carbocycles. The first kappa shape index (κ1) is 14.0. The zero-order valence-electron chi connectivity index (χ0n) is 11.7. The molecule has 4 nitrogen and oxygen atoms in total. The van der Waals surface area contributed by atoms with Crippen molar-refractivity contribution in [3.8, 4) is 0 Å². The van der Waals surface area contributed by atoms with Crippen LogP contribution in [0.1, 0.15) is 17.4 Å². The van der Waals surface area contributed by atoms with E-state index in [1.807, 2.05) is 12.1 Å². The van der Waals surface area contributed by atoms with Gasteiger partial charge in [0.25, 0.3) is 0 Å². The molecule has 0 spiro atoms. The van der Waals surface area contributed by atoms with E-state index in [1.54, 1.807) is 6.07 Å². The lowest BCUT2D eigenvalue weighted by atomic mass is 10.1. The Morgan fingerprint density at radius 1 is 1.24 bits per heavy atom. The molecule has 1 aliphatic rings. The van der Waals surface area contributed by atoms with Crippen molar-refractivity contribution in [3.63, 3.8) is 0 Å². The van der Waals surface area contributed by atoms with Crippen LogP contribution in [0.5, 0.6) is 0 Å². The summed E-state index contributed by atoms with van der Waals surface area (Å²) in [7, 11) is 0. The molecule has 5 heteroatoms.